The second kappa shape index (κ2) is 6.68. The van der Waals surface area contributed by atoms with Crippen LogP contribution in [-0.4, -0.2) is 36.0 Å². The third-order valence-corrected chi connectivity index (χ3v) is 5.37. The van der Waals surface area contributed by atoms with Crippen LogP contribution in [0.4, 0.5) is 0 Å². The van der Waals surface area contributed by atoms with Crippen molar-refractivity contribution < 1.29 is 19.1 Å². The first-order valence-corrected chi connectivity index (χ1v) is 8.56. The number of esters is 1. The Labute approximate surface area is 149 Å². The monoisotopic (exact) mass is 358 g/mol. The Hall–Kier alpha value is -2.67. The molecule has 3 heterocycles. The Morgan fingerprint density at radius 2 is 2.08 bits per heavy atom. The molecule has 0 aliphatic heterocycles. The van der Waals surface area contributed by atoms with Crippen molar-refractivity contribution in [2.45, 2.75) is 13.3 Å². The van der Waals surface area contributed by atoms with E-state index in [0.717, 1.165) is 32.6 Å². The number of pyridine rings is 1. The van der Waals surface area contributed by atoms with Crippen LogP contribution in [0, 0.1) is 0 Å². The standard InChI is InChI=1S/C18H18N2O4S/c1-5-10-7-13(18(22)24-4)16(23-3)19-15(10)14-8-11-6-12(9-21)20(2)17(11)25-14/h6-9H,5H2,1-4H3. The molecule has 0 unspecified atom stereocenters. The highest BCUT2D eigenvalue weighted by Crippen LogP contribution is 2.37. The molecule has 7 heteroatoms. The normalized spacial score (nSPS) is 10.9. The fraction of sp³-hybridized carbons (Fsp3) is 0.278. The zero-order chi connectivity index (χ0) is 18.1. The Bertz CT molecular complexity index is 971. The number of methoxy groups -OCH3 is 2. The highest BCUT2D eigenvalue weighted by molar-refractivity contribution is 7.21. The van der Waals surface area contributed by atoms with Gasteiger partial charge in [0.15, 0.2) is 6.29 Å². The van der Waals surface area contributed by atoms with Gasteiger partial charge in [0.25, 0.3) is 0 Å². The topological polar surface area (TPSA) is 70.4 Å². The predicted octanol–water partition coefficient (Wildman–Crippen LogP) is 3.47. The number of aldehydes is 1. The Kier molecular flexibility index (Phi) is 4.59. The molecule has 0 aliphatic carbocycles. The maximum Gasteiger partial charge on any atom is 0.343 e. The van der Waals surface area contributed by atoms with Crippen molar-refractivity contribution in [2.75, 3.05) is 14.2 Å². The van der Waals surface area contributed by atoms with Gasteiger partial charge in [0.2, 0.25) is 5.88 Å². The lowest BCUT2D eigenvalue weighted by Crippen LogP contribution is -2.08. The maximum absolute atomic E-state index is 11.9. The van der Waals surface area contributed by atoms with Gasteiger partial charge in [-0.05, 0) is 30.2 Å². The van der Waals surface area contributed by atoms with Gasteiger partial charge in [0, 0.05) is 12.4 Å². The predicted molar refractivity (Wildman–Crippen MR) is 96.7 cm³/mol. The summed E-state index contributed by atoms with van der Waals surface area (Å²) in [6.07, 6.45) is 1.56. The molecular formula is C18H18N2O4S. The molecule has 3 aromatic rings. The van der Waals surface area contributed by atoms with Crippen LogP contribution in [0.15, 0.2) is 18.2 Å². The number of hydrogen-bond acceptors (Lipinski definition) is 6. The fourth-order valence-electron chi connectivity index (χ4n) is 2.80. The zero-order valence-electron chi connectivity index (χ0n) is 14.5. The van der Waals surface area contributed by atoms with E-state index in [-0.39, 0.29) is 5.88 Å². The minimum atomic E-state index is -0.474. The van der Waals surface area contributed by atoms with Crippen molar-refractivity contribution in [1.82, 2.24) is 9.55 Å². The molecule has 3 rings (SSSR count). The van der Waals surface area contributed by atoms with Gasteiger partial charge in [-0.15, -0.1) is 11.3 Å². The van der Waals surface area contributed by atoms with Crippen LogP contribution >= 0.6 is 11.3 Å². The first-order chi connectivity index (χ1) is 12.0. The van der Waals surface area contributed by atoms with Crippen molar-refractivity contribution in [3.8, 4) is 16.5 Å². The number of aryl methyl sites for hydroxylation is 2. The smallest absolute Gasteiger partial charge is 0.343 e. The summed E-state index contributed by atoms with van der Waals surface area (Å²) in [5, 5.41) is 0.990. The zero-order valence-corrected chi connectivity index (χ0v) is 15.3. The highest BCUT2D eigenvalue weighted by Gasteiger charge is 2.20. The molecule has 0 bridgehead atoms. The Morgan fingerprint density at radius 3 is 2.64 bits per heavy atom. The van der Waals surface area contributed by atoms with E-state index >= 15 is 0 Å². The summed E-state index contributed by atoms with van der Waals surface area (Å²) in [7, 11) is 4.67. The summed E-state index contributed by atoms with van der Waals surface area (Å²) in [4.78, 5) is 29.5. The van der Waals surface area contributed by atoms with Gasteiger partial charge in [-0.3, -0.25) is 4.79 Å². The molecule has 6 nitrogen and oxygen atoms in total. The minimum absolute atomic E-state index is 0.241. The third kappa shape index (κ3) is 2.80. The van der Waals surface area contributed by atoms with Crippen molar-refractivity contribution in [2.24, 2.45) is 7.05 Å². The molecule has 0 fully saturated rings. The lowest BCUT2D eigenvalue weighted by atomic mass is 10.1. The molecule has 0 aliphatic rings. The molecule has 0 N–H and O–H groups in total. The number of aromatic nitrogens is 2. The van der Waals surface area contributed by atoms with Crippen molar-refractivity contribution in [3.63, 3.8) is 0 Å². The average Bonchev–Trinajstić information content (AvgIpc) is 3.18. The third-order valence-electron chi connectivity index (χ3n) is 4.14. The van der Waals surface area contributed by atoms with E-state index in [2.05, 4.69) is 4.98 Å². The molecule has 0 radical (unpaired) electrons. The van der Waals surface area contributed by atoms with Gasteiger partial charge in [0.1, 0.15) is 10.4 Å². The molecule has 0 aromatic carbocycles. The maximum atomic E-state index is 11.9. The van der Waals surface area contributed by atoms with Gasteiger partial charge < -0.3 is 14.0 Å². The van der Waals surface area contributed by atoms with Gasteiger partial charge in [-0.25, -0.2) is 9.78 Å². The quantitative estimate of drug-likeness (QED) is 0.516. The summed E-state index contributed by atoms with van der Waals surface area (Å²) in [6, 6.07) is 5.63. The van der Waals surface area contributed by atoms with E-state index < -0.39 is 5.97 Å². The summed E-state index contributed by atoms with van der Waals surface area (Å²) in [5.41, 5.74) is 2.66. The van der Waals surface area contributed by atoms with E-state index in [1.165, 1.54) is 14.2 Å². The SMILES string of the molecule is CCc1cc(C(=O)OC)c(OC)nc1-c1cc2cc(C=O)n(C)c2s1. The Morgan fingerprint density at radius 1 is 1.32 bits per heavy atom. The Balaban J connectivity index is 2.19. The molecule has 0 saturated carbocycles. The van der Waals surface area contributed by atoms with E-state index in [1.807, 2.05) is 30.7 Å². The number of hydrogen-bond donors (Lipinski definition) is 0. The van der Waals surface area contributed by atoms with Crippen LogP contribution in [0.2, 0.25) is 0 Å². The van der Waals surface area contributed by atoms with Crippen LogP contribution in [0.3, 0.4) is 0 Å². The van der Waals surface area contributed by atoms with Crippen LogP contribution in [0.5, 0.6) is 5.88 Å². The second-order valence-electron chi connectivity index (χ2n) is 5.52. The summed E-state index contributed by atoms with van der Waals surface area (Å²) < 4.78 is 12.0. The number of carbonyl (C=O) groups excluding carboxylic acids is 2. The number of nitrogens with zero attached hydrogens (tertiary/aromatic N) is 2. The van der Waals surface area contributed by atoms with Crippen LogP contribution in [-0.2, 0) is 18.2 Å². The summed E-state index contributed by atoms with van der Waals surface area (Å²) in [5.74, 6) is -0.234. The van der Waals surface area contributed by atoms with Gasteiger partial charge >= 0.3 is 5.97 Å². The molecule has 25 heavy (non-hydrogen) atoms. The van der Waals surface area contributed by atoms with Crippen LogP contribution in [0.1, 0.15) is 33.3 Å². The highest BCUT2D eigenvalue weighted by atomic mass is 32.1. The van der Waals surface area contributed by atoms with Crippen LogP contribution < -0.4 is 4.74 Å². The van der Waals surface area contributed by atoms with Crippen molar-refractivity contribution in [1.29, 1.82) is 0 Å². The molecule has 0 atom stereocenters. The lowest BCUT2D eigenvalue weighted by molar-refractivity contribution is 0.0596. The number of thiophene rings is 1. The molecular weight excluding hydrogens is 340 g/mol. The lowest BCUT2D eigenvalue weighted by Gasteiger charge is -2.11. The summed E-state index contributed by atoms with van der Waals surface area (Å²) in [6.45, 7) is 2.01. The minimum Gasteiger partial charge on any atom is -0.480 e. The van der Waals surface area contributed by atoms with Gasteiger partial charge in [0.05, 0.1) is 30.5 Å². The van der Waals surface area contributed by atoms with Gasteiger partial charge in [-0.1, -0.05) is 6.92 Å². The number of ether oxygens (including phenoxy) is 2. The molecule has 0 saturated heterocycles. The summed E-state index contributed by atoms with van der Waals surface area (Å²) >= 11 is 1.55. The first-order valence-electron chi connectivity index (χ1n) is 7.75. The molecule has 0 amide bonds. The van der Waals surface area contributed by atoms with E-state index in [1.54, 1.807) is 17.4 Å². The van der Waals surface area contributed by atoms with Crippen molar-refractivity contribution in [3.05, 3.63) is 35.0 Å². The van der Waals surface area contributed by atoms with E-state index in [9.17, 15) is 9.59 Å². The molecule has 3 aromatic heterocycles. The second-order valence-corrected chi connectivity index (χ2v) is 6.55. The van der Waals surface area contributed by atoms with E-state index in [0.29, 0.717) is 17.7 Å². The molecule has 130 valence electrons. The fourth-order valence-corrected chi connectivity index (χ4v) is 3.94. The first kappa shape index (κ1) is 17.2. The van der Waals surface area contributed by atoms with Crippen LogP contribution in [0.25, 0.3) is 20.8 Å². The number of rotatable bonds is 5. The molecule has 0 spiro atoms. The average molecular weight is 358 g/mol. The number of fused-ring (bicyclic) bond motifs is 1. The number of carbonyl (C=O) groups is 2. The van der Waals surface area contributed by atoms with Gasteiger partial charge in [-0.2, -0.15) is 0 Å². The van der Waals surface area contributed by atoms with E-state index in [4.69, 9.17) is 9.47 Å². The van der Waals surface area contributed by atoms with Crippen molar-refractivity contribution >= 4 is 33.8 Å². The largest absolute Gasteiger partial charge is 0.480 e.